The number of aliphatic hydroxyl groups is 1. The maximum absolute atomic E-state index is 12.7. The first-order chi connectivity index (χ1) is 9.97. The molecule has 0 aromatic carbocycles. The number of aromatic nitrogens is 2. The highest BCUT2D eigenvalue weighted by atomic mass is 32.2. The molecule has 0 amide bonds. The van der Waals surface area contributed by atoms with Crippen molar-refractivity contribution in [3.63, 3.8) is 0 Å². The van der Waals surface area contributed by atoms with Crippen LogP contribution in [0.15, 0.2) is 17.3 Å². The van der Waals surface area contributed by atoms with Crippen molar-refractivity contribution in [3.8, 4) is 0 Å². The molecule has 0 saturated heterocycles. The summed E-state index contributed by atoms with van der Waals surface area (Å²) in [7, 11) is -0.640. The smallest absolute Gasteiger partial charge is 0.246 e. The lowest BCUT2D eigenvalue weighted by Gasteiger charge is -2.27. The number of hydrogen-bond acceptors (Lipinski definition) is 6. The highest BCUT2D eigenvalue weighted by molar-refractivity contribution is 7.89. The Kier molecular flexibility index (Phi) is 7.26. The molecule has 0 radical (unpaired) electrons. The first kappa shape index (κ1) is 18.1. The van der Waals surface area contributed by atoms with E-state index in [1.807, 2.05) is 0 Å². The van der Waals surface area contributed by atoms with Gasteiger partial charge in [-0.15, -0.1) is 0 Å². The average molecular weight is 321 g/mol. The summed E-state index contributed by atoms with van der Waals surface area (Å²) in [5.74, 6) is 0. The molecule has 0 fully saturated rings. The number of hydrogen-bond donors (Lipinski definition) is 1. The van der Waals surface area contributed by atoms with Gasteiger partial charge in [-0.2, -0.15) is 9.40 Å². The van der Waals surface area contributed by atoms with Crippen LogP contribution in [0, 0.1) is 0 Å². The largest absolute Gasteiger partial charge is 0.394 e. The fraction of sp³-hybridized carbons (Fsp3) is 0.750. The van der Waals surface area contributed by atoms with Gasteiger partial charge >= 0.3 is 0 Å². The normalized spacial score (nSPS) is 13.8. The lowest BCUT2D eigenvalue weighted by atomic mass is 10.3. The molecule has 0 aliphatic heterocycles. The quantitative estimate of drug-likeness (QED) is 0.627. The van der Waals surface area contributed by atoms with Crippen LogP contribution in [0.1, 0.15) is 6.92 Å². The topological polar surface area (TPSA) is 93.9 Å². The first-order valence-corrected chi connectivity index (χ1v) is 8.04. The first-order valence-electron chi connectivity index (χ1n) is 6.60. The van der Waals surface area contributed by atoms with E-state index in [0.29, 0.717) is 0 Å². The summed E-state index contributed by atoms with van der Waals surface area (Å²) in [4.78, 5) is 0.0926. The Labute approximate surface area is 125 Å². The Morgan fingerprint density at radius 1 is 1.43 bits per heavy atom. The summed E-state index contributed by atoms with van der Waals surface area (Å²) in [6.07, 6.45) is 2.69. The minimum Gasteiger partial charge on any atom is -0.394 e. The lowest BCUT2D eigenvalue weighted by Crippen LogP contribution is -2.42. The molecule has 9 heteroatoms. The van der Waals surface area contributed by atoms with Crippen LogP contribution in [0.2, 0.25) is 0 Å². The minimum atomic E-state index is -3.68. The van der Waals surface area contributed by atoms with Crippen LogP contribution in [0.4, 0.5) is 0 Å². The molecular weight excluding hydrogens is 298 g/mol. The molecule has 1 heterocycles. The Bertz CT molecular complexity index is 517. The Hall–Kier alpha value is -1.00. The van der Waals surface area contributed by atoms with Gasteiger partial charge in [0, 0.05) is 33.0 Å². The lowest BCUT2D eigenvalue weighted by molar-refractivity contribution is 0.119. The van der Waals surface area contributed by atoms with E-state index in [2.05, 4.69) is 5.10 Å². The van der Waals surface area contributed by atoms with Crippen molar-refractivity contribution in [3.05, 3.63) is 12.4 Å². The molecule has 1 rings (SSSR count). The molecule has 1 aromatic rings. The fourth-order valence-electron chi connectivity index (χ4n) is 1.92. The van der Waals surface area contributed by atoms with E-state index in [1.165, 1.54) is 35.6 Å². The van der Waals surface area contributed by atoms with Crippen molar-refractivity contribution in [2.75, 3.05) is 40.6 Å². The van der Waals surface area contributed by atoms with Crippen molar-refractivity contribution in [2.24, 2.45) is 0 Å². The molecule has 0 aliphatic carbocycles. The molecule has 0 spiro atoms. The molecule has 21 heavy (non-hydrogen) atoms. The minimum absolute atomic E-state index is 0.0926. The van der Waals surface area contributed by atoms with Gasteiger partial charge in [-0.05, 0) is 6.92 Å². The summed E-state index contributed by atoms with van der Waals surface area (Å²) in [6.45, 7) is 2.73. The van der Waals surface area contributed by atoms with Gasteiger partial charge < -0.3 is 14.6 Å². The second-order valence-electron chi connectivity index (χ2n) is 4.58. The van der Waals surface area contributed by atoms with Gasteiger partial charge in [0.1, 0.15) is 4.90 Å². The predicted molar refractivity (Wildman–Crippen MR) is 76.4 cm³/mol. The second-order valence-corrected chi connectivity index (χ2v) is 6.47. The highest BCUT2D eigenvalue weighted by Gasteiger charge is 2.30. The number of methoxy groups -OCH3 is 2. The van der Waals surface area contributed by atoms with Crippen LogP contribution in [0.5, 0.6) is 0 Å². The van der Waals surface area contributed by atoms with Crippen molar-refractivity contribution in [2.45, 2.75) is 24.4 Å². The monoisotopic (exact) mass is 321 g/mol. The fourth-order valence-corrected chi connectivity index (χ4v) is 3.48. The third kappa shape index (κ3) is 4.75. The molecule has 0 aliphatic rings. The third-order valence-corrected chi connectivity index (χ3v) is 4.93. The molecule has 0 bridgehead atoms. The Morgan fingerprint density at radius 2 is 2.14 bits per heavy atom. The van der Waals surface area contributed by atoms with Gasteiger partial charge in [0.25, 0.3) is 0 Å². The summed E-state index contributed by atoms with van der Waals surface area (Å²) < 4.78 is 38.1. The molecular formula is C12H23N3O5S. The summed E-state index contributed by atoms with van der Waals surface area (Å²) in [5.41, 5.74) is 0. The zero-order chi connectivity index (χ0) is 15.9. The van der Waals surface area contributed by atoms with Gasteiger partial charge in [-0.3, -0.25) is 4.68 Å². The van der Waals surface area contributed by atoms with Crippen molar-refractivity contribution in [1.82, 2.24) is 14.1 Å². The summed E-state index contributed by atoms with van der Waals surface area (Å²) >= 11 is 0. The number of aliphatic hydroxyl groups excluding tert-OH is 1. The molecule has 8 nitrogen and oxygen atoms in total. The van der Waals surface area contributed by atoms with Gasteiger partial charge in [-0.25, -0.2) is 8.42 Å². The van der Waals surface area contributed by atoms with Crippen molar-refractivity contribution < 1.29 is 23.0 Å². The van der Waals surface area contributed by atoms with E-state index in [1.54, 1.807) is 6.92 Å². The molecule has 1 aromatic heterocycles. The highest BCUT2D eigenvalue weighted by Crippen LogP contribution is 2.17. The molecule has 1 N–H and O–H groups in total. The molecule has 1 atom stereocenters. The van der Waals surface area contributed by atoms with Gasteiger partial charge in [0.05, 0.1) is 32.6 Å². The van der Waals surface area contributed by atoms with Crippen molar-refractivity contribution >= 4 is 10.0 Å². The van der Waals surface area contributed by atoms with Crippen LogP contribution in [-0.2, 0) is 26.0 Å². The average Bonchev–Trinajstić information content (AvgIpc) is 2.89. The van der Waals surface area contributed by atoms with Gasteiger partial charge in [0.2, 0.25) is 10.0 Å². The van der Waals surface area contributed by atoms with E-state index in [0.717, 1.165) is 0 Å². The van der Waals surface area contributed by atoms with E-state index in [9.17, 15) is 8.42 Å². The van der Waals surface area contributed by atoms with Crippen LogP contribution in [0.3, 0.4) is 0 Å². The zero-order valence-electron chi connectivity index (χ0n) is 12.6. The SMILES string of the molecule is COCCN(C(C)COC)S(=O)(=O)c1cnn(CCO)c1. The maximum atomic E-state index is 12.7. The van der Waals surface area contributed by atoms with E-state index >= 15 is 0 Å². The standard InChI is InChI=1S/C12H23N3O5S/c1-11(10-20-3)15(5-7-19-2)21(17,18)12-8-13-14(9-12)4-6-16/h8-9,11,16H,4-7,10H2,1-3H3. The van der Waals surface area contributed by atoms with Crippen LogP contribution in [-0.4, -0.2) is 74.2 Å². The predicted octanol–water partition coefficient (Wildman–Crippen LogP) is -0.453. The number of ether oxygens (including phenoxy) is 2. The molecule has 1 unspecified atom stereocenters. The third-order valence-electron chi connectivity index (χ3n) is 2.96. The second kappa shape index (κ2) is 8.44. The van der Waals surface area contributed by atoms with Crippen molar-refractivity contribution in [1.29, 1.82) is 0 Å². The summed E-state index contributed by atoms with van der Waals surface area (Å²) in [5, 5.41) is 12.8. The van der Waals surface area contributed by atoms with Crippen LogP contribution < -0.4 is 0 Å². The van der Waals surface area contributed by atoms with E-state index < -0.39 is 10.0 Å². The molecule has 0 saturated carbocycles. The Morgan fingerprint density at radius 3 is 2.71 bits per heavy atom. The number of rotatable bonds is 10. The number of nitrogens with zero attached hydrogens (tertiary/aromatic N) is 3. The Balaban J connectivity index is 3.00. The van der Waals surface area contributed by atoms with Crippen LogP contribution >= 0.6 is 0 Å². The van der Waals surface area contributed by atoms with Crippen LogP contribution in [0.25, 0.3) is 0 Å². The van der Waals surface area contributed by atoms with E-state index in [4.69, 9.17) is 14.6 Å². The number of sulfonamides is 1. The zero-order valence-corrected chi connectivity index (χ0v) is 13.4. The van der Waals surface area contributed by atoms with E-state index in [-0.39, 0.29) is 43.8 Å². The summed E-state index contributed by atoms with van der Waals surface area (Å²) in [6, 6.07) is -0.323. The van der Waals surface area contributed by atoms with Gasteiger partial charge in [0.15, 0.2) is 0 Å². The molecule has 122 valence electrons. The van der Waals surface area contributed by atoms with Gasteiger partial charge in [-0.1, -0.05) is 0 Å². The maximum Gasteiger partial charge on any atom is 0.246 e.